The van der Waals surface area contributed by atoms with E-state index in [0.29, 0.717) is 33.0 Å². The minimum Gasteiger partial charge on any atom is -0.384 e. The Labute approximate surface area is 118 Å². The zero-order chi connectivity index (χ0) is 13.8. The fraction of sp³-hybridized carbons (Fsp3) is 0.571. The summed E-state index contributed by atoms with van der Waals surface area (Å²) >= 11 is 1.62. The summed E-state index contributed by atoms with van der Waals surface area (Å²) in [4.78, 5) is 1.10. The Kier molecular flexibility index (Phi) is 9.33. The van der Waals surface area contributed by atoms with E-state index in [9.17, 15) is 0 Å². The van der Waals surface area contributed by atoms with Crippen LogP contribution in [0.3, 0.4) is 0 Å². The number of methoxy groups -OCH3 is 1. The zero-order valence-electron chi connectivity index (χ0n) is 11.2. The smallest absolute Gasteiger partial charge is 0.104 e. The second-order valence-corrected chi connectivity index (χ2v) is 4.73. The number of rotatable bonds is 9. The third kappa shape index (κ3) is 7.31. The lowest BCUT2D eigenvalue weighted by molar-refractivity contribution is 0.0487. The van der Waals surface area contributed by atoms with Crippen LogP contribution in [0.5, 0.6) is 0 Å². The van der Waals surface area contributed by atoms with E-state index in [1.54, 1.807) is 18.4 Å². The Morgan fingerprint density at radius 1 is 1.21 bits per heavy atom. The lowest BCUT2D eigenvalue weighted by atomic mass is 10.2. The van der Waals surface area contributed by atoms with E-state index >= 15 is 0 Å². The van der Waals surface area contributed by atoms with Crippen molar-refractivity contribution >= 4 is 11.3 Å². The largest absolute Gasteiger partial charge is 0.384 e. The summed E-state index contributed by atoms with van der Waals surface area (Å²) in [7, 11) is 1.66. The van der Waals surface area contributed by atoms with Crippen LogP contribution in [0.15, 0.2) is 11.4 Å². The number of aliphatic hydroxyl groups excluding tert-OH is 1. The van der Waals surface area contributed by atoms with Crippen molar-refractivity contribution in [3.05, 3.63) is 21.9 Å². The monoisotopic (exact) mass is 284 g/mol. The average molecular weight is 284 g/mol. The minimum atomic E-state index is -0.116. The summed E-state index contributed by atoms with van der Waals surface area (Å²) in [6, 6.07) is 1.94. The average Bonchev–Trinajstić information content (AvgIpc) is 2.87. The molecule has 106 valence electrons. The van der Waals surface area contributed by atoms with Crippen molar-refractivity contribution in [2.75, 3.05) is 40.1 Å². The van der Waals surface area contributed by atoms with Gasteiger partial charge in [0.05, 0.1) is 19.8 Å². The normalized spacial score (nSPS) is 10.2. The summed E-state index contributed by atoms with van der Waals surface area (Å²) in [6.45, 7) is 3.05. The van der Waals surface area contributed by atoms with Crippen LogP contribution in [0, 0.1) is 11.8 Å². The number of aliphatic hydroxyl groups is 1. The van der Waals surface area contributed by atoms with Crippen LogP contribution in [-0.2, 0) is 20.8 Å². The van der Waals surface area contributed by atoms with Crippen LogP contribution < -0.4 is 0 Å². The molecule has 0 fully saturated rings. The van der Waals surface area contributed by atoms with Crippen molar-refractivity contribution < 1.29 is 19.3 Å². The van der Waals surface area contributed by atoms with Gasteiger partial charge in [-0.05, 0) is 17.9 Å². The van der Waals surface area contributed by atoms with Crippen molar-refractivity contribution in [1.82, 2.24) is 0 Å². The van der Waals surface area contributed by atoms with Crippen LogP contribution in [0.25, 0.3) is 0 Å². The molecule has 0 aliphatic carbocycles. The molecule has 0 bridgehead atoms. The predicted octanol–water partition coefficient (Wildman–Crippen LogP) is 1.66. The van der Waals surface area contributed by atoms with Gasteiger partial charge in [0.2, 0.25) is 0 Å². The first kappa shape index (κ1) is 16.2. The maximum Gasteiger partial charge on any atom is 0.104 e. The van der Waals surface area contributed by atoms with Crippen LogP contribution in [0.4, 0.5) is 0 Å². The lowest BCUT2D eigenvalue weighted by Gasteiger charge is -2.04. The Morgan fingerprint density at radius 3 is 2.84 bits per heavy atom. The highest BCUT2D eigenvalue weighted by Gasteiger charge is 2.01. The van der Waals surface area contributed by atoms with Gasteiger partial charge < -0.3 is 19.3 Å². The van der Waals surface area contributed by atoms with Gasteiger partial charge in [0, 0.05) is 30.8 Å². The number of hydrogen-bond donors (Lipinski definition) is 1. The van der Waals surface area contributed by atoms with E-state index in [0.717, 1.165) is 16.9 Å². The number of thiophene rings is 1. The number of ether oxygens (including phenoxy) is 3. The third-order valence-corrected chi connectivity index (χ3v) is 3.18. The van der Waals surface area contributed by atoms with Crippen molar-refractivity contribution in [3.63, 3.8) is 0 Å². The zero-order valence-corrected chi connectivity index (χ0v) is 12.0. The molecule has 0 aromatic carbocycles. The Hall–Kier alpha value is -0.900. The van der Waals surface area contributed by atoms with E-state index in [2.05, 4.69) is 11.8 Å². The van der Waals surface area contributed by atoms with Crippen LogP contribution >= 0.6 is 11.3 Å². The van der Waals surface area contributed by atoms with Crippen molar-refractivity contribution in [2.45, 2.75) is 13.0 Å². The summed E-state index contributed by atoms with van der Waals surface area (Å²) < 4.78 is 15.8. The summed E-state index contributed by atoms with van der Waals surface area (Å²) in [5.74, 6) is 5.56. The molecule has 4 nitrogen and oxygen atoms in total. The standard InChI is InChI=1S/C14H20O4S/c1-16-9-10-17-7-3-8-18-12-14-13(4-2-6-15)5-11-19-14/h5,11,15H,3,6-10,12H2,1H3. The maximum absolute atomic E-state index is 8.67. The van der Waals surface area contributed by atoms with E-state index in [1.165, 1.54) is 0 Å². The molecule has 1 rings (SSSR count). The molecule has 0 spiro atoms. The fourth-order valence-corrected chi connectivity index (χ4v) is 2.14. The summed E-state index contributed by atoms with van der Waals surface area (Å²) in [6.07, 6.45) is 0.868. The highest BCUT2D eigenvalue weighted by Crippen LogP contribution is 2.16. The van der Waals surface area contributed by atoms with Gasteiger partial charge in [-0.15, -0.1) is 11.3 Å². The van der Waals surface area contributed by atoms with Gasteiger partial charge in [0.25, 0.3) is 0 Å². The second-order valence-electron chi connectivity index (χ2n) is 3.73. The van der Waals surface area contributed by atoms with Gasteiger partial charge in [-0.25, -0.2) is 0 Å². The number of hydrogen-bond acceptors (Lipinski definition) is 5. The van der Waals surface area contributed by atoms with E-state index < -0.39 is 0 Å². The molecule has 0 aliphatic rings. The molecule has 5 heteroatoms. The molecule has 0 unspecified atom stereocenters. The van der Waals surface area contributed by atoms with Gasteiger partial charge in [0.15, 0.2) is 0 Å². The molecule has 0 aliphatic heterocycles. The minimum absolute atomic E-state index is 0.116. The molecule has 0 radical (unpaired) electrons. The fourth-order valence-electron chi connectivity index (χ4n) is 1.37. The summed E-state index contributed by atoms with van der Waals surface area (Å²) in [5, 5.41) is 10.6. The van der Waals surface area contributed by atoms with E-state index in [4.69, 9.17) is 19.3 Å². The molecule has 0 amide bonds. The van der Waals surface area contributed by atoms with E-state index in [-0.39, 0.29) is 6.61 Å². The molecule has 1 N–H and O–H groups in total. The molecule has 0 atom stereocenters. The van der Waals surface area contributed by atoms with Gasteiger partial charge >= 0.3 is 0 Å². The van der Waals surface area contributed by atoms with Crippen molar-refractivity contribution in [3.8, 4) is 11.8 Å². The van der Waals surface area contributed by atoms with Crippen LogP contribution in [0.1, 0.15) is 16.9 Å². The molecular formula is C14H20O4S. The van der Waals surface area contributed by atoms with Gasteiger partial charge in [-0.3, -0.25) is 0 Å². The Morgan fingerprint density at radius 2 is 2.05 bits per heavy atom. The van der Waals surface area contributed by atoms with Gasteiger partial charge in [0.1, 0.15) is 6.61 Å². The first-order valence-electron chi connectivity index (χ1n) is 6.19. The first-order chi connectivity index (χ1) is 9.38. The van der Waals surface area contributed by atoms with Crippen LogP contribution in [0.2, 0.25) is 0 Å². The van der Waals surface area contributed by atoms with Crippen LogP contribution in [-0.4, -0.2) is 45.3 Å². The SMILES string of the molecule is COCCOCCCOCc1sccc1C#CCO. The maximum atomic E-state index is 8.67. The predicted molar refractivity (Wildman–Crippen MR) is 75.3 cm³/mol. The van der Waals surface area contributed by atoms with Gasteiger partial charge in [-0.1, -0.05) is 11.8 Å². The molecule has 0 saturated carbocycles. The second kappa shape index (κ2) is 11.0. The highest BCUT2D eigenvalue weighted by molar-refractivity contribution is 7.10. The van der Waals surface area contributed by atoms with Crippen molar-refractivity contribution in [2.24, 2.45) is 0 Å². The molecule has 1 heterocycles. The molecule has 0 saturated heterocycles. The molecular weight excluding hydrogens is 264 g/mol. The third-order valence-electron chi connectivity index (χ3n) is 2.29. The molecule has 1 aromatic heterocycles. The molecule has 1 aromatic rings. The lowest BCUT2D eigenvalue weighted by Crippen LogP contribution is -2.05. The molecule has 19 heavy (non-hydrogen) atoms. The quantitative estimate of drug-likeness (QED) is 0.553. The Bertz CT molecular complexity index is 392. The van der Waals surface area contributed by atoms with Crippen molar-refractivity contribution in [1.29, 1.82) is 0 Å². The summed E-state index contributed by atoms with van der Waals surface area (Å²) in [5.41, 5.74) is 0.940. The Balaban J connectivity index is 2.11. The topological polar surface area (TPSA) is 47.9 Å². The van der Waals surface area contributed by atoms with Gasteiger partial charge in [-0.2, -0.15) is 0 Å². The highest BCUT2D eigenvalue weighted by atomic mass is 32.1. The van der Waals surface area contributed by atoms with E-state index in [1.807, 2.05) is 11.4 Å². The first-order valence-corrected chi connectivity index (χ1v) is 7.07.